The monoisotopic (exact) mass is 309 g/mol. The molecule has 1 atom stereocenters. The van der Waals surface area contributed by atoms with E-state index >= 15 is 0 Å². The highest BCUT2D eigenvalue weighted by molar-refractivity contribution is 6.31. The van der Waals surface area contributed by atoms with Crippen molar-refractivity contribution >= 4 is 11.6 Å². The van der Waals surface area contributed by atoms with Crippen molar-refractivity contribution < 1.29 is 8.91 Å². The third kappa shape index (κ3) is 3.60. The maximum absolute atomic E-state index is 13.7. The molecule has 6 heteroatoms. The summed E-state index contributed by atoms with van der Waals surface area (Å²) in [7, 11) is 0. The third-order valence-corrected chi connectivity index (χ3v) is 4.12. The van der Waals surface area contributed by atoms with Crippen LogP contribution in [0.4, 0.5) is 4.39 Å². The van der Waals surface area contributed by atoms with Crippen molar-refractivity contribution in [3.63, 3.8) is 0 Å². The van der Waals surface area contributed by atoms with Gasteiger partial charge in [-0.25, -0.2) is 4.39 Å². The van der Waals surface area contributed by atoms with Gasteiger partial charge in [-0.15, -0.1) is 0 Å². The smallest absolute Gasteiger partial charge is 0.231 e. The van der Waals surface area contributed by atoms with Crippen LogP contribution < -0.4 is 5.32 Å². The molecule has 112 valence electrons. The molecular weight excluding hydrogens is 293 g/mol. The Kier molecular flexibility index (Phi) is 4.51. The molecule has 0 aliphatic carbocycles. The molecule has 0 amide bonds. The Morgan fingerprint density at radius 2 is 2.33 bits per heavy atom. The molecule has 0 bridgehead atoms. The molecule has 2 aromatic rings. The fourth-order valence-corrected chi connectivity index (χ4v) is 2.88. The van der Waals surface area contributed by atoms with Gasteiger partial charge in [-0.05, 0) is 44.0 Å². The zero-order valence-corrected chi connectivity index (χ0v) is 12.4. The van der Waals surface area contributed by atoms with Crippen molar-refractivity contribution in [1.82, 2.24) is 15.5 Å². The number of hydrogen-bond donors (Lipinski definition) is 1. The first-order valence-electron chi connectivity index (χ1n) is 7.17. The molecule has 1 aromatic heterocycles. The van der Waals surface area contributed by atoms with Crippen LogP contribution in [0.5, 0.6) is 0 Å². The second kappa shape index (κ2) is 6.54. The first kappa shape index (κ1) is 14.5. The first-order valence-corrected chi connectivity index (χ1v) is 7.55. The lowest BCUT2D eigenvalue weighted by atomic mass is 9.96. The third-order valence-electron chi connectivity index (χ3n) is 3.77. The quantitative estimate of drug-likeness (QED) is 0.943. The number of rotatable bonds is 4. The van der Waals surface area contributed by atoms with Crippen LogP contribution in [-0.2, 0) is 12.8 Å². The van der Waals surface area contributed by atoms with E-state index in [0.29, 0.717) is 28.2 Å². The van der Waals surface area contributed by atoms with Crippen LogP contribution >= 0.6 is 11.6 Å². The molecule has 1 fully saturated rings. The maximum atomic E-state index is 13.7. The fraction of sp³-hybridized carbons (Fsp3) is 0.467. The highest BCUT2D eigenvalue weighted by atomic mass is 35.5. The number of benzene rings is 1. The molecule has 0 radical (unpaired) electrons. The van der Waals surface area contributed by atoms with E-state index in [1.165, 1.54) is 18.9 Å². The van der Waals surface area contributed by atoms with Crippen molar-refractivity contribution in [2.75, 3.05) is 13.1 Å². The van der Waals surface area contributed by atoms with E-state index in [9.17, 15) is 4.39 Å². The van der Waals surface area contributed by atoms with Crippen LogP contribution in [-0.4, -0.2) is 23.2 Å². The summed E-state index contributed by atoms with van der Waals surface area (Å²) >= 11 is 6.00. The predicted octanol–water partition coefficient (Wildman–Crippen LogP) is 3.00. The average molecular weight is 310 g/mol. The Labute approximate surface area is 127 Å². The van der Waals surface area contributed by atoms with Gasteiger partial charge in [0.2, 0.25) is 5.89 Å². The normalized spacial score (nSPS) is 18.9. The number of nitrogens with zero attached hydrogens (tertiary/aromatic N) is 2. The van der Waals surface area contributed by atoms with Crippen molar-refractivity contribution in [3.8, 4) is 0 Å². The first-order chi connectivity index (χ1) is 10.2. The van der Waals surface area contributed by atoms with Crippen LogP contribution in [0.1, 0.15) is 30.1 Å². The van der Waals surface area contributed by atoms with Gasteiger partial charge in [0, 0.05) is 17.0 Å². The Bertz CT molecular complexity index is 590. The Morgan fingerprint density at radius 3 is 3.10 bits per heavy atom. The highest BCUT2D eigenvalue weighted by Gasteiger charge is 2.18. The number of aromatic nitrogens is 2. The van der Waals surface area contributed by atoms with Gasteiger partial charge in [-0.1, -0.05) is 22.8 Å². The van der Waals surface area contributed by atoms with Crippen molar-refractivity contribution in [3.05, 3.63) is 46.3 Å². The van der Waals surface area contributed by atoms with Crippen LogP contribution in [0.15, 0.2) is 22.7 Å². The minimum Gasteiger partial charge on any atom is -0.339 e. The summed E-state index contributed by atoms with van der Waals surface area (Å²) < 4.78 is 18.9. The standard InChI is InChI=1S/C15H17ClFN3O/c16-12-4-1-5-13(17)11(12)8-15-19-14(20-21-15)7-10-3-2-6-18-9-10/h1,4-5,10,18H,2-3,6-9H2. The maximum Gasteiger partial charge on any atom is 0.231 e. The summed E-state index contributed by atoms with van der Waals surface area (Å²) in [5.74, 6) is 1.28. The molecule has 1 aliphatic rings. The van der Waals surface area contributed by atoms with Gasteiger partial charge < -0.3 is 9.84 Å². The van der Waals surface area contributed by atoms with Gasteiger partial charge in [-0.3, -0.25) is 0 Å². The molecule has 1 N–H and O–H groups in total. The molecular formula is C15H17ClFN3O. The van der Waals surface area contributed by atoms with E-state index in [0.717, 1.165) is 19.5 Å². The van der Waals surface area contributed by atoms with Crippen LogP contribution in [0.3, 0.4) is 0 Å². The summed E-state index contributed by atoms with van der Waals surface area (Å²) in [4.78, 5) is 4.35. The molecule has 1 saturated heterocycles. The van der Waals surface area contributed by atoms with Crippen LogP contribution in [0, 0.1) is 11.7 Å². The lowest BCUT2D eigenvalue weighted by Gasteiger charge is -2.20. The molecule has 3 rings (SSSR count). The van der Waals surface area contributed by atoms with Crippen molar-refractivity contribution in [1.29, 1.82) is 0 Å². The van der Waals surface area contributed by atoms with Gasteiger partial charge >= 0.3 is 0 Å². The van der Waals surface area contributed by atoms with Gasteiger partial charge in [0.1, 0.15) is 5.82 Å². The zero-order valence-electron chi connectivity index (χ0n) is 11.6. The molecule has 1 aliphatic heterocycles. The summed E-state index contributed by atoms with van der Waals surface area (Å²) in [5, 5.41) is 7.73. The van der Waals surface area contributed by atoms with Crippen molar-refractivity contribution in [2.24, 2.45) is 5.92 Å². The summed E-state index contributed by atoms with van der Waals surface area (Å²) in [6.45, 7) is 2.07. The van der Waals surface area contributed by atoms with Crippen LogP contribution in [0.25, 0.3) is 0 Å². The molecule has 1 aromatic carbocycles. The van der Waals surface area contributed by atoms with Gasteiger partial charge in [-0.2, -0.15) is 4.98 Å². The van der Waals surface area contributed by atoms with E-state index in [1.54, 1.807) is 12.1 Å². The summed E-state index contributed by atoms with van der Waals surface area (Å²) in [6.07, 6.45) is 3.37. The topological polar surface area (TPSA) is 51.0 Å². The average Bonchev–Trinajstić information content (AvgIpc) is 2.91. The highest BCUT2D eigenvalue weighted by Crippen LogP contribution is 2.22. The van der Waals surface area contributed by atoms with Crippen LogP contribution in [0.2, 0.25) is 5.02 Å². The SMILES string of the molecule is Fc1cccc(Cl)c1Cc1nc(CC2CCCNC2)no1. The van der Waals surface area contributed by atoms with Crippen molar-refractivity contribution in [2.45, 2.75) is 25.7 Å². The van der Waals surface area contributed by atoms with E-state index in [4.69, 9.17) is 16.1 Å². The second-order valence-corrected chi connectivity index (χ2v) is 5.81. The van der Waals surface area contributed by atoms with E-state index in [2.05, 4.69) is 15.5 Å². The minimum atomic E-state index is -0.348. The molecule has 2 heterocycles. The fourth-order valence-electron chi connectivity index (χ4n) is 2.65. The Balaban J connectivity index is 1.67. The molecule has 0 spiro atoms. The molecule has 0 saturated carbocycles. The van der Waals surface area contributed by atoms with E-state index < -0.39 is 0 Å². The number of nitrogens with one attached hydrogen (secondary N) is 1. The molecule has 1 unspecified atom stereocenters. The molecule has 4 nitrogen and oxygen atoms in total. The summed E-state index contributed by atoms with van der Waals surface area (Å²) in [5.41, 5.74) is 0.397. The lowest BCUT2D eigenvalue weighted by molar-refractivity contribution is 0.351. The van der Waals surface area contributed by atoms with E-state index in [-0.39, 0.29) is 12.2 Å². The van der Waals surface area contributed by atoms with Gasteiger partial charge in [0.25, 0.3) is 0 Å². The summed E-state index contributed by atoms with van der Waals surface area (Å²) in [6, 6.07) is 4.62. The predicted molar refractivity (Wildman–Crippen MR) is 77.8 cm³/mol. The minimum absolute atomic E-state index is 0.224. The Hall–Kier alpha value is -1.46. The molecule has 21 heavy (non-hydrogen) atoms. The van der Waals surface area contributed by atoms with Gasteiger partial charge in [0.15, 0.2) is 5.82 Å². The Morgan fingerprint density at radius 1 is 1.43 bits per heavy atom. The number of hydrogen-bond acceptors (Lipinski definition) is 4. The number of halogens is 2. The number of piperidine rings is 1. The zero-order chi connectivity index (χ0) is 14.7. The largest absolute Gasteiger partial charge is 0.339 e. The van der Waals surface area contributed by atoms with Gasteiger partial charge in [0.05, 0.1) is 6.42 Å². The second-order valence-electron chi connectivity index (χ2n) is 5.40. The lowest BCUT2D eigenvalue weighted by Crippen LogP contribution is -2.31. The van der Waals surface area contributed by atoms with E-state index in [1.807, 2.05) is 0 Å².